The summed E-state index contributed by atoms with van der Waals surface area (Å²) >= 11 is 5.78. The molecule has 0 saturated heterocycles. The van der Waals surface area contributed by atoms with E-state index >= 15 is 0 Å². The third-order valence-electron chi connectivity index (χ3n) is 1.65. The van der Waals surface area contributed by atoms with E-state index in [1.54, 1.807) is 6.92 Å². The van der Waals surface area contributed by atoms with Gasteiger partial charge in [0.15, 0.2) is 0 Å². The van der Waals surface area contributed by atoms with Crippen LogP contribution >= 0.6 is 11.6 Å². The van der Waals surface area contributed by atoms with Crippen molar-refractivity contribution in [2.24, 2.45) is 0 Å². The van der Waals surface area contributed by atoms with Crippen LogP contribution in [0.15, 0.2) is 24.3 Å². The summed E-state index contributed by atoms with van der Waals surface area (Å²) in [6.45, 7) is 1.60. The Balaban J connectivity index is 2.57. The highest BCUT2D eigenvalue weighted by atomic mass is 35.5. The van der Waals surface area contributed by atoms with Crippen LogP contribution in [0.2, 0.25) is 5.02 Å². The molecule has 0 aromatic heterocycles. The van der Waals surface area contributed by atoms with Crippen molar-refractivity contribution >= 4 is 17.4 Å². The van der Waals surface area contributed by atoms with Crippen molar-refractivity contribution in [1.82, 2.24) is 0 Å². The minimum Gasteiger partial charge on any atom is -0.300 e. The van der Waals surface area contributed by atoms with Crippen LogP contribution in [0.4, 0.5) is 0 Å². The first-order chi connectivity index (χ1) is 5.68. The molecule has 0 unspecified atom stereocenters. The third kappa shape index (κ3) is 3.05. The molecule has 0 aliphatic carbocycles. The van der Waals surface area contributed by atoms with Crippen molar-refractivity contribution in [2.45, 2.75) is 19.8 Å². The third-order valence-corrected chi connectivity index (χ3v) is 1.89. The SMILES string of the molecule is CC(=O)CCc1cccc(Cl)c1. The van der Waals surface area contributed by atoms with E-state index in [1.165, 1.54) is 0 Å². The first-order valence-corrected chi connectivity index (χ1v) is 4.30. The van der Waals surface area contributed by atoms with Crippen LogP contribution in [-0.2, 0) is 11.2 Å². The number of benzene rings is 1. The molecule has 0 spiro atoms. The van der Waals surface area contributed by atoms with Crippen LogP contribution in [0.25, 0.3) is 0 Å². The molecule has 0 heterocycles. The van der Waals surface area contributed by atoms with Gasteiger partial charge in [-0.25, -0.2) is 0 Å². The van der Waals surface area contributed by atoms with Crippen LogP contribution in [0, 0.1) is 0 Å². The summed E-state index contributed by atoms with van der Waals surface area (Å²) in [6.07, 6.45) is 1.39. The fraction of sp³-hybridized carbons (Fsp3) is 0.300. The van der Waals surface area contributed by atoms with E-state index in [2.05, 4.69) is 0 Å². The van der Waals surface area contributed by atoms with Crippen molar-refractivity contribution in [3.63, 3.8) is 0 Å². The van der Waals surface area contributed by atoms with Gasteiger partial charge in [-0.2, -0.15) is 0 Å². The minimum absolute atomic E-state index is 0.218. The summed E-state index contributed by atoms with van der Waals surface area (Å²) in [7, 11) is 0. The zero-order valence-corrected chi connectivity index (χ0v) is 7.77. The van der Waals surface area contributed by atoms with Crippen molar-refractivity contribution in [2.75, 3.05) is 0 Å². The number of Topliss-reactive ketones (excluding diaryl/α,β-unsaturated/α-hetero) is 1. The normalized spacial score (nSPS) is 9.83. The van der Waals surface area contributed by atoms with Crippen molar-refractivity contribution in [3.8, 4) is 0 Å². The molecule has 1 rings (SSSR count). The van der Waals surface area contributed by atoms with E-state index in [9.17, 15) is 4.79 Å². The van der Waals surface area contributed by atoms with Gasteiger partial charge in [-0.1, -0.05) is 23.7 Å². The molecule has 0 atom stereocenters. The van der Waals surface area contributed by atoms with Gasteiger partial charge in [-0.3, -0.25) is 0 Å². The number of ketones is 1. The Kier molecular flexibility index (Phi) is 3.30. The van der Waals surface area contributed by atoms with E-state index in [0.717, 1.165) is 17.0 Å². The van der Waals surface area contributed by atoms with Gasteiger partial charge in [0.1, 0.15) is 5.78 Å². The minimum atomic E-state index is 0.218. The first-order valence-electron chi connectivity index (χ1n) is 3.92. The van der Waals surface area contributed by atoms with Gasteiger partial charge < -0.3 is 4.79 Å². The fourth-order valence-corrected chi connectivity index (χ4v) is 1.23. The number of aryl methyl sites for hydroxylation is 1. The number of carbonyl (C=O) groups excluding carboxylic acids is 1. The van der Waals surface area contributed by atoms with Crippen LogP contribution in [0.5, 0.6) is 0 Å². The second-order valence-corrected chi connectivity index (χ2v) is 3.27. The number of hydrogen-bond donors (Lipinski definition) is 0. The lowest BCUT2D eigenvalue weighted by Crippen LogP contribution is -1.93. The van der Waals surface area contributed by atoms with E-state index in [0.29, 0.717) is 6.42 Å². The highest BCUT2D eigenvalue weighted by molar-refractivity contribution is 6.30. The Bertz CT molecular complexity index is 281. The molecule has 0 N–H and O–H groups in total. The second kappa shape index (κ2) is 4.27. The lowest BCUT2D eigenvalue weighted by molar-refractivity contribution is -0.116. The summed E-state index contributed by atoms with van der Waals surface area (Å²) in [5.74, 6) is 0.218. The summed E-state index contributed by atoms with van der Waals surface area (Å²) in [5, 5.41) is 0.732. The molecule has 0 fully saturated rings. The van der Waals surface area contributed by atoms with Gasteiger partial charge in [-0.05, 0) is 31.0 Å². The average Bonchev–Trinajstić information content (AvgIpc) is 2.01. The van der Waals surface area contributed by atoms with Crippen LogP contribution < -0.4 is 0 Å². The molecule has 1 aromatic rings. The number of hydrogen-bond acceptors (Lipinski definition) is 1. The highest BCUT2D eigenvalue weighted by Gasteiger charge is 1.96. The van der Waals surface area contributed by atoms with Crippen LogP contribution in [0.1, 0.15) is 18.9 Å². The summed E-state index contributed by atoms with van der Waals surface area (Å²) in [4.78, 5) is 10.7. The summed E-state index contributed by atoms with van der Waals surface area (Å²) < 4.78 is 0. The first kappa shape index (κ1) is 9.27. The summed E-state index contributed by atoms with van der Waals surface area (Å²) in [5.41, 5.74) is 1.12. The maximum absolute atomic E-state index is 10.7. The quantitative estimate of drug-likeness (QED) is 0.703. The molecule has 0 saturated carbocycles. The lowest BCUT2D eigenvalue weighted by atomic mass is 10.1. The zero-order chi connectivity index (χ0) is 8.97. The van der Waals surface area contributed by atoms with E-state index < -0.39 is 0 Å². The average molecular weight is 183 g/mol. The Morgan fingerprint density at radius 1 is 1.50 bits per heavy atom. The lowest BCUT2D eigenvalue weighted by Gasteiger charge is -1.98. The monoisotopic (exact) mass is 182 g/mol. The van der Waals surface area contributed by atoms with Crippen LogP contribution in [0.3, 0.4) is 0 Å². The van der Waals surface area contributed by atoms with Gasteiger partial charge in [0.25, 0.3) is 0 Å². The van der Waals surface area contributed by atoms with Crippen LogP contribution in [-0.4, -0.2) is 5.78 Å². The number of halogens is 1. The number of carbonyl (C=O) groups is 1. The van der Waals surface area contributed by atoms with Crippen molar-refractivity contribution < 1.29 is 4.79 Å². The maximum atomic E-state index is 10.7. The molecule has 0 aliphatic heterocycles. The molecule has 1 aromatic carbocycles. The largest absolute Gasteiger partial charge is 0.300 e. The Morgan fingerprint density at radius 2 is 2.25 bits per heavy atom. The van der Waals surface area contributed by atoms with Crippen molar-refractivity contribution in [1.29, 1.82) is 0 Å². The molecule has 2 heteroatoms. The van der Waals surface area contributed by atoms with E-state index in [-0.39, 0.29) is 5.78 Å². The molecular weight excluding hydrogens is 172 g/mol. The fourth-order valence-electron chi connectivity index (χ4n) is 1.01. The zero-order valence-electron chi connectivity index (χ0n) is 7.01. The molecule has 1 nitrogen and oxygen atoms in total. The van der Waals surface area contributed by atoms with Gasteiger partial charge in [0, 0.05) is 11.4 Å². The molecule has 0 radical (unpaired) electrons. The van der Waals surface area contributed by atoms with Crippen molar-refractivity contribution in [3.05, 3.63) is 34.9 Å². The topological polar surface area (TPSA) is 17.1 Å². The molecule has 0 bridgehead atoms. The smallest absolute Gasteiger partial charge is 0.130 e. The second-order valence-electron chi connectivity index (χ2n) is 2.83. The van der Waals surface area contributed by atoms with Gasteiger partial charge >= 0.3 is 0 Å². The predicted octanol–water partition coefficient (Wildman–Crippen LogP) is 2.86. The Hall–Kier alpha value is -0.820. The molecule has 12 heavy (non-hydrogen) atoms. The predicted molar refractivity (Wildman–Crippen MR) is 50.5 cm³/mol. The maximum Gasteiger partial charge on any atom is 0.130 e. The Morgan fingerprint density at radius 3 is 2.83 bits per heavy atom. The highest BCUT2D eigenvalue weighted by Crippen LogP contribution is 2.11. The standard InChI is InChI=1S/C10H11ClO/c1-8(12)5-6-9-3-2-4-10(11)7-9/h2-4,7H,5-6H2,1H3. The molecule has 64 valence electrons. The van der Waals surface area contributed by atoms with Gasteiger partial charge in [-0.15, -0.1) is 0 Å². The molecule has 0 aliphatic rings. The Labute approximate surface area is 77.4 Å². The molecule has 0 amide bonds. The van der Waals surface area contributed by atoms with Gasteiger partial charge in [0.2, 0.25) is 0 Å². The molecular formula is C10H11ClO. The number of rotatable bonds is 3. The van der Waals surface area contributed by atoms with E-state index in [1.807, 2.05) is 24.3 Å². The van der Waals surface area contributed by atoms with E-state index in [4.69, 9.17) is 11.6 Å². The van der Waals surface area contributed by atoms with Gasteiger partial charge in [0.05, 0.1) is 0 Å². The summed E-state index contributed by atoms with van der Waals surface area (Å²) in [6, 6.07) is 7.61.